The van der Waals surface area contributed by atoms with Crippen molar-refractivity contribution in [3.8, 4) is 0 Å². The first kappa shape index (κ1) is 13.2. The lowest BCUT2D eigenvalue weighted by molar-refractivity contribution is 0.116. The number of benzene rings is 1. The molecule has 3 nitrogen and oxygen atoms in total. The lowest BCUT2D eigenvalue weighted by Crippen LogP contribution is -2.36. The van der Waals surface area contributed by atoms with Gasteiger partial charge in [0.15, 0.2) is 0 Å². The van der Waals surface area contributed by atoms with Crippen LogP contribution in [0.5, 0.6) is 0 Å². The van der Waals surface area contributed by atoms with Crippen LogP contribution in [0.1, 0.15) is 31.2 Å². The van der Waals surface area contributed by atoms with E-state index in [0.717, 1.165) is 25.7 Å². The van der Waals surface area contributed by atoms with Crippen molar-refractivity contribution in [2.24, 2.45) is 5.73 Å². The zero-order valence-electron chi connectivity index (χ0n) is 10.0. The van der Waals surface area contributed by atoms with E-state index < -0.39 is 11.9 Å². The molecule has 1 fully saturated rings. The molecule has 1 aromatic carbocycles. The summed E-state index contributed by atoms with van der Waals surface area (Å²) in [5.41, 5.74) is 6.34. The molecule has 0 aromatic heterocycles. The molecular weight excluding hydrogens is 251 g/mol. The second kappa shape index (κ2) is 5.63. The molecule has 0 saturated heterocycles. The molecule has 4 N–H and O–H groups in total. The molecule has 1 aliphatic rings. The van der Waals surface area contributed by atoms with Gasteiger partial charge in [0.2, 0.25) is 0 Å². The Hall–Kier alpha value is -1.20. The van der Waals surface area contributed by atoms with Gasteiger partial charge in [-0.3, -0.25) is 0 Å². The molecule has 0 bridgehead atoms. The van der Waals surface area contributed by atoms with Crippen LogP contribution in [0.4, 0.5) is 10.1 Å². The summed E-state index contributed by atoms with van der Waals surface area (Å²) in [5.74, 6) is -0.391. The van der Waals surface area contributed by atoms with Gasteiger partial charge in [0.05, 0.1) is 17.8 Å². The molecule has 2 atom stereocenters. The summed E-state index contributed by atoms with van der Waals surface area (Å²) in [7, 11) is 0. The first-order valence-electron chi connectivity index (χ1n) is 6.12. The highest BCUT2D eigenvalue weighted by Crippen LogP contribution is 2.24. The fourth-order valence-electron chi connectivity index (χ4n) is 2.26. The van der Waals surface area contributed by atoms with Crippen molar-refractivity contribution < 1.29 is 9.50 Å². The van der Waals surface area contributed by atoms with Crippen molar-refractivity contribution in [2.75, 3.05) is 5.32 Å². The Bertz CT molecular complexity index is 453. The third kappa shape index (κ3) is 2.97. The number of hydrogen-bond acceptors (Lipinski definition) is 3. The van der Waals surface area contributed by atoms with E-state index in [1.165, 1.54) is 6.07 Å². The number of nitrogens with two attached hydrogens (primary N) is 1. The topological polar surface area (TPSA) is 58.3 Å². The smallest absolute Gasteiger partial charge is 0.146 e. The summed E-state index contributed by atoms with van der Waals surface area (Å²) < 4.78 is 13.8. The summed E-state index contributed by atoms with van der Waals surface area (Å²) >= 11 is 4.80. The first-order chi connectivity index (χ1) is 8.58. The predicted octanol–water partition coefficient (Wildman–Crippen LogP) is 2.18. The summed E-state index contributed by atoms with van der Waals surface area (Å²) in [6.45, 7) is 0. The highest BCUT2D eigenvalue weighted by molar-refractivity contribution is 7.80. The fourth-order valence-corrected chi connectivity index (χ4v) is 2.39. The SMILES string of the molecule is NC(=S)c1ccc(NC2CCCCC2O)c(F)c1. The summed E-state index contributed by atoms with van der Waals surface area (Å²) in [6.07, 6.45) is 3.30. The molecule has 0 amide bonds. The minimum Gasteiger partial charge on any atom is -0.391 e. The van der Waals surface area contributed by atoms with Gasteiger partial charge in [-0.15, -0.1) is 0 Å². The van der Waals surface area contributed by atoms with Crippen LogP contribution in [0.3, 0.4) is 0 Å². The van der Waals surface area contributed by atoms with Crippen LogP contribution in [-0.4, -0.2) is 22.2 Å². The lowest BCUT2D eigenvalue weighted by atomic mass is 9.92. The Morgan fingerprint density at radius 3 is 2.72 bits per heavy atom. The molecule has 0 spiro atoms. The number of aliphatic hydroxyl groups is 1. The van der Waals surface area contributed by atoms with E-state index in [-0.39, 0.29) is 11.0 Å². The van der Waals surface area contributed by atoms with E-state index >= 15 is 0 Å². The van der Waals surface area contributed by atoms with E-state index in [1.54, 1.807) is 12.1 Å². The van der Waals surface area contributed by atoms with E-state index in [9.17, 15) is 9.50 Å². The molecule has 1 aromatic rings. The number of rotatable bonds is 3. The largest absolute Gasteiger partial charge is 0.391 e. The van der Waals surface area contributed by atoms with E-state index in [1.807, 2.05) is 0 Å². The van der Waals surface area contributed by atoms with Gasteiger partial charge in [-0.05, 0) is 31.0 Å². The van der Waals surface area contributed by atoms with E-state index in [4.69, 9.17) is 18.0 Å². The van der Waals surface area contributed by atoms with Crippen molar-refractivity contribution in [1.29, 1.82) is 0 Å². The van der Waals surface area contributed by atoms with Gasteiger partial charge >= 0.3 is 0 Å². The zero-order valence-corrected chi connectivity index (χ0v) is 10.8. The molecule has 0 heterocycles. The second-order valence-corrected chi connectivity index (χ2v) is 5.10. The minimum atomic E-state index is -0.409. The van der Waals surface area contributed by atoms with Gasteiger partial charge in [-0.1, -0.05) is 25.1 Å². The van der Waals surface area contributed by atoms with Gasteiger partial charge in [-0.2, -0.15) is 0 Å². The number of aliphatic hydroxyl groups excluding tert-OH is 1. The number of thiocarbonyl (C=S) groups is 1. The van der Waals surface area contributed by atoms with Crippen molar-refractivity contribution in [3.63, 3.8) is 0 Å². The van der Waals surface area contributed by atoms with Gasteiger partial charge in [0.25, 0.3) is 0 Å². The Kier molecular flexibility index (Phi) is 4.14. The third-order valence-electron chi connectivity index (χ3n) is 3.32. The molecule has 1 aliphatic carbocycles. The second-order valence-electron chi connectivity index (χ2n) is 4.66. The van der Waals surface area contributed by atoms with Crippen molar-refractivity contribution in [2.45, 2.75) is 37.8 Å². The average Bonchev–Trinajstić information content (AvgIpc) is 2.34. The minimum absolute atomic E-state index is 0.0797. The maximum atomic E-state index is 13.8. The highest BCUT2D eigenvalue weighted by Gasteiger charge is 2.23. The van der Waals surface area contributed by atoms with Gasteiger partial charge in [-0.25, -0.2) is 4.39 Å². The van der Waals surface area contributed by atoms with Crippen molar-refractivity contribution in [1.82, 2.24) is 0 Å². The first-order valence-corrected chi connectivity index (χ1v) is 6.52. The van der Waals surface area contributed by atoms with Crippen molar-refractivity contribution >= 4 is 22.9 Å². The Labute approximate surface area is 111 Å². The summed E-state index contributed by atoms with van der Waals surface area (Å²) in [6, 6.07) is 4.54. The zero-order chi connectivity index (χ0) is 13.1. The molecule has 98 valence electrons. The van der Waals surface area contributed by atoms with Crippen LogP contribution < -0.4 is 11.1 Å². The van der Waals surface area contributed by atoms with Gasteiger partial charge < -0.3 is 16.2 Å². The fraction of sp³-hybridized carbons (Fsp3) is 0.462. The third-order valence-corrected chi connectivity index (χ3v) is 3.56. The molecule has 5 heteroatoms. The van der Waals surface area contributed by atoms with Gasteiger partial charge in [0.1, 0.15) is 10.8 Å². The van der Waals surface area contributed by atoms with Crippen molar-refractivity contribution in [3.05, 3.63) is 29.6 Å². The average molecular weight is 268 g/mol. The highest BCUT2D eigenvalue weighted by atomic mass is 32.1. The molecule has 2 rings (SSSR count). The number of halogens is 1. The van der Waals surface area contributed by atoms with Crippen LogP contribution in [0, 0.1) is 5.82 Å². The maximum absolute atomic E-state index is 13.8. The summed E-state index contributed by atoms with van der Waals surface area (Å²) in [5, 5.41) is 12.9. The predicted molar refractivity (Wildman–Crippen MR) is 74.2 cm³/mol. The van der Waals surface area contributed by atoms with E-state index in [2.05, 4.69) is 5.32 Å². The summed E-state index contributed by atoms with van der Waals surface area (Å²) in [4.78, 5) is 0.179. The van der Waals surface area contributed by atoms with Crippen LogP contribution in [-0.2, 0) is 0 Å². The Morgan fingerprint density at radius 2 is 2.11 bits per heavy atom. The molecule has 0 radical (unpaired) electrons. The number of nitrogens with one attached hydrogen (secondary N) is 1. The quantitative estimate of drug-likeness (QED) is 0.735. The van der Waals surface area contributed by atoms with Crippen LogP contribution >= 0.6 is 12.2 Å². The lowest BCUT2D eigenvalue weighted by Gasteiger charge is -2.29. The molecular formula is C13H17FN2OS. The molecule has 0 aliphatic heterocycles. The number of hydrogen-bond donors (Lipinski definition) is 3. The van der Waals surface area contributed by atoms with Gasteiger partial charge in [0, 0.05) is 5.56 Å². The van der Waals surface area contributed by atoms with Crippen LogP contribution in [0.15, 0.2) is 18.2 Å². The molecule has 2 unspecified atom stereocenters. The number of anilines is 1. The normalized spacial score (nSPS) is 23.7. The Morgan fingerprint density at radius 1 is 1.39 bits per heavy atom. The maximum Gasteiger partial charge on any atom is 0.146 e. The Balaban J connectivity index is 2.11. The monoisotopic (exact) mass is 268 g/mol. The standard InChI is InChI=1S/C13H17FN2OS/c14-9-7-8(13(15)18)5-6-10(9)16-11-3-1-2-4-12(11)17/h5-7,11-12,16-17H,1-4H2,(H2,15,18). The van der Waals surface area contributed by atoms with Crippen LogP contribution in [0.2, 0.25) is 0 Å². The molecule has 1 saturated carbocycles. The van der Waals surface area contributed by atoms with E-state index in [0.29, 0.717) is 11.3 Å². The van der Waals surface area contributed by atoms with Crippen LogP contribution in [0.25, 0.3) is 0 Å². The molecule has 18 heavy (non-hydrogen) atoms.